The fraction of sp³-hybridized carbons (Fsp3) is 0.333. The van der Waals surface area contributed by atoms with Crippen molar-refractivity contribution < 1.29 is 14.8 Å². The number of hydrogen-bond acceptors (Lipinski definition) is 5. The molecule has 0 saturated heterocycles. The first-order valence-corrected chi connectivity index (χ1v) is 6.73. The number of nitrogens with one attached hydrogen (secondary N) is 3. The van der Waals surface area contributed by atoms with Crippen LogP contribution >= 0.6 is 0 Å². The Bertz CT molecular complexity index is 573. The summed E-state index contributed by atoms with van der Waals surface area (Å²) in [4.78, 5) is 23.5. The summed E-state index contributed by atoms with van der Waals surface area (Å²) in [5.74, 6) is 4.42. The van der Waals surface area contributed by atoms with Gasteiger partial charge in [0.25, 0.3) is 11.8 Å². The number of nitrogens with two attached hydrogens (primary N) is 1. The molecule has 0 heterocycles. The molecule has 7 nitrogen and oxygen atoms in total. The van der Waals surface area contributed by atoms with Gasteiger partial charge in [0.1, 0.15) is 6.04 Å². The maximum atomic E-state index is 12.1. The van der Waals surface area contributed by atoms with Crippen LogP contribution in [0.2, 0.25) is 0 Å². The van der Waals surface area contributed by atoms with Crippen molar-refractivity contribution in [1.82, 2.24) is 10.8 Å². The van der Waals surface area contributed by atoms with E-state index in [2.05, 4.69) is 22.5 Å². The van der Waals surface area contributed by atoms with Gasteiger partial charge in [-0.3, -0.25) is 14.8 Å². The Labute approximate surface area is 129 Å². The highest BCUT2D eigenvalue weighted by Gasteiger charge is 2.24. The summed E-state index contributed by atoms with van der Waals surface area (Å²) in [6, 6.07) is 5.04. The second-order valence-corrected chi connectivity index (χ2v) is 4.64. The quantitative estimate of drug-likeness (QED) is 0.290. The molecular formula is C15H20N4O3. The largest absolute Gasteiger partial charge is 0.374 e. The number of carbonyl (C=O) groups is 2. The van der Waals surface area contributed by atoms with Gasteiger partial charge in [0.05, 0.1) is 6.54 Å². The summed E-state index contributed by atoms with van der Waals surface area (Å²) in [7, 11) is 0. The Morgan fingerprint density at radius 2 is 1.95 bits per heavy atom. The molecule has 0 saturated carbocycles. The highest BCUT2D eigenvalue weighted by Crippen LogP contribution is 2.09. The van der Waals surface area contributed by atoms with Gasteiger partial charge in [0, 0.05) is 17.3 Å². The van der Waals surface area contributed by atoms with E-state index < -0.39 is 23.9 Å². The highest BCUT2D eigenvalue weighted by molar-refractivity contribution is 5.97. The average molecular weight is 304 g/mol. The molecule has 0 radical (unpaired) electrons. The predicted octanol–water partition coefficient (Wildman–Crippen LogP) is 0.0728. The molecule has 0 fully saturated rings. The van der Waals surface area contributed by atoms with Gasteiger partial charge in [-0.05, 0) is 38.1 Å². The number of carbonyl (C=O) groups excluding carboxylic acids is 2. The van der Waals surface area contributed by atoms with Crippen LogP contribution in [0.3, 0.4) is 0 Å². The van der Waals surface area contributed by atoms with Gasteiger partial charge in [-0.2, -0.15) is 0 Å². The van der Waals surface area contributed by atoms with E-state index in [0.29, 0.717) is 12.1 Å². The van der Waals surface area contributed by atoms with Crippen LogP contribution in [-0.2, 0) is 4.79 Å². The van der Waals surface area contributed by atoms with Crippen LogP contribution in [0.4, 0.5) is 5.69 Å². The lowest BCUT2D eigenvalue weighted by Crippen LogP contribution is -2.54. The molecule has 1 rings (SSSR count). The number of benzene rings is 1. The van der Waals surface area contributed by atoms with Crippen molar-refractivity contribution in [3.8, 4) is 11.8 Å². The molecule has 0 aliphatic carbocycles. The number of rotatable bonds is 6. The molecule has 2 amide bonds. The lowest BCUT2D eigenvalue weighted by molar-refractivity contribution is -0.131. The highest BCUT2D eigenvalue weighted by atomic mass is 16.5. The second kappa shape index (κ2) is 8.67. The van der Waals surface area contributed by atoms with E-state index in [4.69, 9.17) is 10.9 Å². The number of amides is 2. The Morgan fingerprint density at radius 1 is 1.32 bits per heavy atom. The fourth-order valence-electron chi connectivity index (χ4n) is 1.70. The lowest BCUT2D eigenvalue weighted by atomic mass is 10.1. The number of hydrogen-bond donors (Lipinski definition) is 5. The Morgan fingerprint density at radius 3 is 2.45 bits per heavy atom. The van der Waals surface area contributed by atoms with Crippen molar-refractivity contribution in [3.63, 3.8) is 0 Å². The normalized spacial score (nSPS) is 12.4. The summed E-state index contributed by atoms with van der Waals surface area (Å²) in [6.07, 6.45) is 0. The summed E-state index contributed by atoms with van der Waals surface area (Å²) in [6.45, 7) is 3.83. The molecule has 0 spiro atoms. The number of anilines is 1. The third-order valence-electron chi connectivity index (χ3n) is 2.91. The molecule has 0 bridgehead atoms. The van der Waals surface area contributed by atoms with E-state index >= 15 is 0 Å². The molecule has 6 N–H and O–H groups in total. The van der Waals surface area contributed by atoms with E-state index in [1.165, 1.54) is 5.48 Å². The van der Waals surface area contributed by atoms with Crippen LogP contribution in [0.15, 0.2) is 24.3 Å². The van der Waals surface area contributed by atoms with Gasteiger partial charge in [-0.1, -0.05) is 5.92 Å². The van der Waals surface area contributed by atoms with Gasteiger partial charge in [0.2, 0.25) is 0 Å². The van der Waals surface area contributed by atoms with Crippen molar-refractivity contribution >= 4 is 17.5 Å². The molecule has 0 aliphatic rings. The van der Waals surface area contributed by atoms with Gasteiger partial charge in [-0.25, -0.2) is 5.48 Å². The molecule has 0 unspecified atom stereocenters. The van der Waals surface area contributed by atoms with Crippen LogP contribution in [0, 0.1) is 11.8 Å². The van der Waals surface area contributed by atoms with E-state index in [1.54, 1.807) is 38.1 Å². The van der Waals surface area contributed by atoms with Crippen molar-refractivity contribution in [2.45, 2.75) is 25.9 Å². The fourth-order valence-corrected chi connectivity index (χ4v) is 1.70. The smallest absolute Gasteiger partial charge is 0.267 e. The standard InChI is InChI=1S/C15H20N4O3/c1-3-4-9-17-12-7-5-11(6-8-12)14(20)18-13(10(2)16)15(21)19-22/h5-8,10,13,17,22H,9,16H2,1-2H3,(H,18,20)(H,19,21)/t10-,13+/m1/s1. The molecule has 7 heteroatoms. The second-order valence-electron chi connectivity index (χ2n) is 4.64. The molecule has 1 aromatic rings. The topological polar surface area (TPSA) is 116 Å². The SMILES string of the molecule is CC#CCNc1ccc(C(=O)N[C@H](C(=O)NO)[C@@H](C)N)cc1. The third-order valence-corrected chi connectivity index (χ3v) is 2.91. The zero-order valence-corrected chi connectivity index (χ0v) is 12.5. The van der Waals surface area contributed by atoms with Gasteiger partial charge >= 0.3 is 0 Å². The molecule has 0 aromatic heterocycles. The minimum absolute atomic E-state index is 0.378. The maximum absolute atomic E-state index is 12.1. The predicted molar refractivity (Wildman–Crippen MR) is 83.2 cm³/mol. The lowest BCUT2D eigenvalue weighted by Gasteiger charge is -2.20. The molecule has 118 valence electrons. The minimum atomic E-state index is -1.02. The summed E-state index contributed by atoms with van der Waals surface area (Å²) < 4.78 is 0. The van der Waals surface area contributed by atoms with E-state index in [-0.39, 0.29) is 0 Å². The first-order chi connectivity index (χ1) is 10.5. The molecule has 0 aliphatic heterocycles. The van der Waals surface area contributed by atoms with Crippen LogP contribution in [0.1, 0.15) is 24.2 Å². The maximum Gasteiger partial charge on any atom is 0.267 e. The van der Waals surface area contributed by atoms with Crippen LogP contribution in [0.5, 0.6) is 0 Å². The molecule has 1 aromatic carbocycles. The van der Waals surface area contributed by atoms with E-state index in [9.17, 15) is 9.59 Å². The number of hydroxylamine groups is 1. The van der Waals surface area contributed by atoms with Gasteiger partial charge < -0.3 is 16.4 Å². The van der Waals surface area contributed by atoms with Crippen molar-refractivity contribution in [1.29, 1.82) is 0 Å². The Hall–Kier alpha value is -2.56. The molecule has 22 heavy (non-hydrogen) atoms. The minimum Gasteiger partial charge on any atom is -0.374 e. The average Bonchev–Trinajstić information content (AvgIpc) is 2.52. The van der Waals surface area contributed by atoms with Crippen molar-refractivity contribution in [2.75, 3.05) is 11.9 Å². The monoisotopic (exact) mass is 304 g/mol. The van der Waals surface area contributed by atoms with Crippen molar-refractivity contribution in [3.05, 3.63) is 29.8 Å². The Balaban J connectivity index is 2.71. The summed E-state index contributed by atoms with van der Waals surface area (Å²) in [5, 5.41) is 14.2. The van der Waals surface area contributed by atoms with Crippen LogP contribution in [0.25, 0.3) is 0 Å². The van der Waals surface area contributed by atoms with Gasteiger partial charge in [-0.15, -0.1) is 5.92 Å². The van der Waals surface area contributed by atoms with Crippen molar-refractivity contribution in [2.24, 2.45) is 5.73 Å². The summed E-state index contributed by atoms with van der Waals surface area (Å²) in [5.41, 5.74) is 8.31. The third kappa shape index (κ3) is 5.09. The molecule has 2 atom stereocenters. The first kappa shape index (κ1) is 17.5. The Kier molecular flexibility index (Phi) is 6.89. The molecular weight excluding hydrogens is 284 g/mol. The first-order valence-electron chi connectivity index (χ1n) is 6.73. The van der Waals surface area contributed by atoms with Crippen LogP contribution in [-0.4, -0.2) is 35.7 Å². The zero-order valence-electron chi connectivity index (χ0n) is 12.5. The summed E-state index contributed by atoms with van der Waals surface area (Å²) >= 11 is 0. The van der Waals surface area contributed by atoms with Gasteiger partial charge in [0.15, 0.2) is 0 Å². The van der Waals surface area contributed by atoms with E-state index in [1.807, 2.05) is 0 Å². The zero-order chi connectivity index (χ0) is 16.5. The van der Waals surface area contributed by atoms with E-state index in [0.717, 1.165) is 5.69 Å². The van der Waals surface area contributed by atoms with Crippen LogP contribution < -0.4 is 21.8 Å².